The highest BCUT2D eigenvalue weighted by atomic mass is 32.2. The van der Waals surface area contributed by atoms with Gasteiger partial charge in [0.05, 0.1) is 0 Å². The molecule has 2 nitrogen and oxygen atoms in total. The molecule has 0 spiro atoms. The fourth-order valence-corrected chi connectivity index (χ4v) is 2.55. The van der Waals surface area contributed by atoms with Crippen LogP contribution < -0.4 is 0 Å². The third-order valence-corrected chi connectivity index (χ3v) is 3.43. The van der Waals surface area contributed by atoms with E-state index in [9.17, 15) is 0 Å². The molecule has 2 rings (SSSR count). The van der Waals surface area contributed by atoms with Gasteiger partial charge in [0, 0.05) is 12.4 Å². The monoisotopic (exact) mass is 220 g/mol. The maximum Gasteiger partial charge on any atom is 0.191 e. The van der Waals surface area contributed by atoms with Crippen LogP contribution in [-0.4, -0.2) is 9.97 Å². The first kappa shape index (κ1) is 10.7. The van der Waals surface area contributed by atoms with Crippen LogP contribution in [0.15, 0.2) is 35.1 Å². The van der Waals surface area contributed by atoms with Gasteiger partial charge in [-0.2, -0.15) is 0 Å². The molecule has 1 aromatic rings. The van der Waals surface area contributed by atoms with Crippen LogP contribution in [0.3, 0.4) is 0 Å². The number of hydrogen-bond donors (Lipinski definition) is 0. The first-order valence-corrected chi connectivity index (χ1v) is 6.43. The van der Waals surface area contributed by atoms with Crippen molar-refractivity contribution in [2.24, 2.45) is 5.92 Å². The van der Waals surface area contributed by atoms with Gasteiger partial charge < -0.3 is 0 Å². The SMILES string of the molecule is C(=C\C1CCCCC1)/Sc1ncccn1. The average molecular weight is 220 g/mol. The van der Waals surface area contributed by atoms with Gasteiger partial charge in [0.15, 0.2) is 5.16 Å². The van der Waals surface area contributed by atoms with Crippen molar-refractivity contribution in [2.45, 2.75) is 37.3 Å². The molecular formula is C12H16N2S. The lowest BCUT2D eigenvalue weighted by Gasteiger charge is -2.17. The zero-order valence-corrected chi connectivity index (χ0v) is 9.62. The normalized spacial score (nSPS) is 18.4. The van der Waals surface area contributed by atoms with Crippen molar-refractivity contribution in [2.75, 3.05) is 0 Å². The molecule has 80 valence electrons. The Morgan fingerprint density at radius 3 is 2.60 bits per heavy atom. The Labute approximate surface area is 95.2 Å². The summed E-state index contributed by atoms with van der Waals surface area (Å²) >= 11 is 1.61. The third-order valence-electron chi connectivity index (χ3n) is 2.72. The Bertz CT molecular complexity index is 305. The fraction of sp³-hybridized carbons (Fsp3) is 0.500. The smallest absolute Gasteiger partial charge is 0.191 e. The third kappa shape index (κ3) is 3.67. The van der Waals surface area contributed by atoms with E-state index in [1.807, 2.05) is 6.07 Å². The molecule has 1 saturated carbocycles. The minimum atomic E-state index is 0.787. The number of allylic oxidation sites excluding steroid dienone is 1. The van der Waals surface area contributed by atoms with Gasteiger partial charge in [-0.05, 0) is 30.2 Å². The summed E-state index contributed by atoms with van der Waals surface area (Å²) in [5.74, 6) is 0.787. The van der Waals surface area contributed by atoms with Crippen molar-refractivity contribution in [1.29, 1.82) is 0 Å². The van der Waals surface area contributed by atoms with E-state index >= 15 is 0 Å². The van der Waals surface area contributed by atoms with E-state index in [4.69, 9.17) is 0 Å². The van der Waals surface area contributed by atoms with Crippen LogP contribution >= 0.6 is 11.8 Å². The summed E-state index contributed by atoms with van der Waals surface area (Å²) in [6.45, 7) is 0. The highest BCUT2D eigenvalue weighted by molar-refractivity contribution is 8.02. The Balaban J connectivity index is 1.79. The highest BCUT2D eigenvalue weighted by Crippen LogP contribution is 2.26. The maximum absolute atomic E-state index is 4.16. The van der Waals surface area contributed by atoms with Crippen molar-refractivity contribution in [3.05, 3.63) is 29.9 Å². The van der Waals surface area contributed by atoms with E-state index in [2.05, 4.69) is 21.5 Å². The van der Waals surface area contributed by atoms with E-state index < -0.39 is 0 Å². The molecule has 15 heavy (non-hydrogen) atoms. The standard InChI is InChI=1S/C12H16N2S/c1-2-5-11(6-3-1)7-10-15-12-13-8-4-9-14-12/h4,7-11H,1-3,5-6H2/b10-7+. The van der Waals surface area contributed by atoms with Crippen LogP contribution in [0.5, 0.6) is 0 Å². The molecule has 0 bridgehead atoms. The fourth-order valence-electron chi connectivity index (χ4n) is 1.88. The Morgan fingerprint density at radius 1 is 1.13 bits per heavy atom. The van der Waals surface area contributed by atoms with E-state index in [0.29, 0.717) is 0 Å². The molecule has 0 N–H and O–H groups in total. The molecule has 1 aliphatic carbocycles. The second-order valence-corrected chi connectivity index (χ2v) is 4.75. The molecule has 1 fully saturated rings. The number of hydrogen-bond acceptors (Lipinski definition) is 3. The summed E-state index contributed by atoms with van der Waals surface area (Å²) < 4.78 is 0. The van der Waals surface area contributed by atoms with Gasteiger partial charge in [0.2, 0.25) is 0 Å². The van der Waals surface area contributed by atoms with E-state index in [1.54, 1.807) is 24.2 Å². The number of aromatic nitrogens is 2. The maximum atomic E-state index is 4.16. The highest BCUT2D eigenvalue weighted by Gasteiger charge is 2.09. The van der Waals surface area contributed by atoms with Crippen LogP contribution in [0.4, 0.5) is 0 Å². The van der Waals surface area contributed by atoms with Gasteiger partial charge in [-0.25, -0.2) is 9.97 Å². The Kier molecular flexibility index (Phi) is 4.21. The van der Waals surface area contributed by atoms with E-state index in [-0.39, 0.29) is 0 Å². The quantitative estimate of drug-likeness (QED) is 0.574. The van der Waals surface area contributed by atoms with Crippen molar-refractivity contribution in [3.63, 3.8) is 0 Å². The predicted molar refractivity (Wildman–Crippen MR) is 63.6 cm³/mol. The summed E-state index contributed by atoms with van der Waals surface area (Å²) in [6, 6.07) is 1.84. The van der Waals surface area contributed by atoms with Crippen molar-refractivity contribution < 1.29 is 0 Å². The molecule has 0 unspecified atom stereocenters. The van der Waals surface area contributed by atoms with Crippen molar-refractivity contribution in [3.8, 4) is 0 Å². The summed E-state index contributed by atoms with van der Waals surface area (Å²) in [4.78, 5) is 8.32. The van der Waals surface area contributed by atoms with E-state index in [1.165, 1.54) is 32.1 Å². The summed E-state index contributed by atoms with van der Waals surface area (Å²) in [5, 5.41) is 2.98. The van der Waals surface area contributed by atoms with Gasteiger partial charge >= 0.3 is 0 Å². The molecule has 0 saturated heterocycles. The molecular weight excluding hydrogens is 204 g/mol. The lowest BCUT2D eigenvalue weighted by molar-refractivity contribution is 0.420. The van der Waals surface area contributed by atoms with Crippen molar-refractivity contribution >= 4 is 11.8 Å². The lowest BCUT2D eigenvalue weighted by atomic mass is 9.90. The molecule has 3 heteroatoms. The largest absolute Gasteiger partial charge is 0.231 e. The predicted octanol–water partition coefficient (Wildman–Crippen LogP) is 3.66. The second-order valence-electron chi connectivity index (χ2n) is 3.88. The first-order valence-electron chi connectivity index (χ1n) is 5.55. The van der Waals surface area contributed by atoms with Gasteiger partial charge in [-0.3, -0.25) is 0 Å². The number of rotatable bonds is 3. The Morgan fingerprint density at radius 2 is 1.87 bits per heavy atom. The molecule has 0 aromatic carbocycles. The van der Waals surface area contributed by atoms with Gasteiger partial charge in [0.25, 0.3) is 0 Å². The minimum absolute atomic E-state index is 0.787. The van der Waals surface area contributed by atoms with Gasteiger partial charge in [-0.15, -0.1) is 0 Å². The van der Waals surface area contributed by atoms with Crippen LogP contribution in [0.1, 0.15) is 32.1 Å². The molecule has 1 aliphatic rings. The first-order chi connectivity index (χ1) is 7.45. The van der Waals surface area contributed by atoms with E-state index in [0.717, 1.165) is 11.1 Å². The number of thioether (sulfide) groups is 1. The molecule has 0 amide bonds. The van der Waals surface area contributed by atoms with Gasteiger partial charge in [-0.1, -0.05) is 37.1 Å². The summed E-state index contributed by atoms with van der Waals surface area (Å²) in [5.41, 5.74) is 0. The molecule has 1 aromatic heterocycles. The van der Waals surface area contributed by atoms with Crippen LogP contribution in [0.25, 0.3) is 0 Å². The number of nitrogens with zero attached hydrogens (tertiary/aromatic N) is 2. The van der Waals surface area contributed by atoms with Crippen molar-refractivity contribution in [1.82, 2.24) is 9.97 Å². The van der Waals surface area contributed by atoms with Crippen LogP contribution in [-0.2, 0) is 0 Å². The Hall–Kier alpha value is -0.830. The molecule has 0 atom stereocenters. The summed E-state index contributed by atoms with van der Waals surface area (Å²) in [6.07, 6.45) is 12.8. The van der Waals surface area contributed by atoms with Crippen LogP contribution in [0, 0.1) is 5.92 Å². The van der Waals surface area contributed by atoms with Gasteiger partial charge in [0.1, 0.15) is 0 Å². The lowest BCUT2D eigenvalue weighted by Crippen LogP contribution is -2.02. The zero-order chi connectivity index (χ0) is 10.3. The zero-order valence-electron chi connectivity index (χ0n) is 8.80. The molecule has 0 radical (unpaired) electrons. The van der Waals surface area contributed by atoms with Crippen LogP contribution in [0.2, 0.25) is 0 Å². The molecule has 1 heterocycles. The molecule has 0 aliphatic heterocycles. The second kappa shape index (κ2) is 5.91. The summed E-state index contributed by atoms with van der Waals surface area (Å²) in [7, 11) is 0. The minimum Gasteiger partial charge on any atom is -0.231 e. The average Bonchev–Trinajstić information content (AvgIpc) is 2.32. The topological polar surface area (TPSA) is 25.8 Å².